The summed E-state index contributed by atoms with van der Waals surface area (Å²) in [5.74, 6) is -1.84. The molecule has 0 N–H and O–H groups in total. The van der Waals surface area contributed by atoms with E-state index in [9.17, 15) is 8.78 Å². The monoisotopic (exact) mass is 262 g/mol. The minimum Gasteiger partial charge on any atom is -0.333 e. The van der Waals surface area contributed by atoms with Crippen LogP contribution < -0.4 is 0 Å². The molecule has 3 aromatic rings. The summed E-state index contributed by atoms with van der Waals surface area (Å²) < 4.78 is 33.2. The molecule has 5 nitrogen and oxygen atoms in total. The van der Waals surface area contributed by atoms with Gasteiger partial charge in [-0.05, 0) is 18.2 Å². The van der Waals surface area contributed by atoms with E-state index in [0.717, 1.165) is 6.07 Å². The summed E-state index contributed by atoms with van der Waals surface area (Å²) in [6.45, 7) is 0. The van der Waals surface area contributed by atoms with Crippen LogP contribution in [0, 0.1) is 11.6 Å². The van der Waals surface area contributed by atoms with Crippen LogP contribution in [0.15, 0.2) is 35.0 Å². The largest absolute Gasteiger partial charge is 0.333 e. The van der Waals surface area contributed by atoms with E-state index < -0.39 is 11.6 Å². The zero-order valence-corrected chi connectivity index (χ0v) is 9.84. The van der Waals surface area contributed by atoms with Gasteiger partial charge in [0.2, 0.25) is 5.82 Å². The van der Waals surface area contributed by atoms with Gasteiger partial charge in [0.05, 0.1) is 5.56 Å². The maximum atomic E-state index is 13.6. The third kappa shape index (κ3) is 1.99. The van der Waals surface area contributed by atoms with Gasteiger partial charge in [-0.25, -0.2) is 8.78 Å². The highest BCUT2D eigenvalue weighted by Crippen LogP contribution is 2.24. The molecule has 0 radical (unpaired) electrons. The van der Waals surface area contributed by atoms with Crippen LogP contribution in [0.25, 0.3) is 23.0 Å². The number of nitrogens with zero attached hydrogens (tertiary/aromatic N) is 4. The third-order valence-electron chi connectivity index (χ3n) is 2.55. The van der Waals surface area contributed by atoms with Gasteiger partial charge < -0.3 is 4.52 Å². The fraction of sp³-hybridized carbons (Fsp3) is 0.0833. The lowest BCUT2D eigenvalue weighted by molar-refractivity contribution is 0.426. The Balaban J connectivity index is 2.04. The van der Waals surface area contributed by atoms with E-state index in [1.807, 2.05) is 0 Å². The van der Waals surface area contributed by atoms with E-state index in [0.29, 0.717) is 5.69 Å². The van der Waals surface area contributed by atoms with Crippen molar-refractivity contribution in [1.82, 2.24) is 19.9 Å². The van der Waals surface area contributed by atoms with Crippen LogP contribution in [0.5, 0.6) is 0 Å². The zero-order valence-electron chi connectivity index (χ0n) is 9.84. The molecule has 7 heteroatoms. The van der Waals surface area contributed by atoms with Crippen LogP contribution in [0.3, 0.4) is 0 Å². The van der Waals surface area contributed by atoms with E-state index in [4.69, 9.17) is 4.52 Å². The van der Waals surface area contributed by atoms with Crippen molar-refractivity contribution in [2.45, 2.75) is 0 Å². The maximum absolute atomic E-state index is 13.6. The van der Waals surface area contributed by atoms with E-state index in [2.05, 4.69) is 15.2 Å². The Morgan fingerprint density at radius 3 is 2.79 bits per heavy atom. The van der Waals surface area contributed by atoms with Crippen LogP contribution in [-0.2, 0) is 7.05 Å². The molecule has 2 heterocycles. The Bertz CT molecular complexity index is 735. The first-order chi connectivity index (χ1) is 9.15. The molecule has 0 bridgehead atoms. The molecule has 0 aliphatic carbocycles. The molecular weight excluding hydrogens is 254 g/mol. The molecule has 2 aromatic heterocycles. The van der Waals surface area contributed by atoms with Gasteiger partial charge >= 0.3 is 0 Å². The molecule has 0 amide bonds. The molecule has 0 fully saturated rings. The van der Waals surface area contributed by atoms with Gasteiger partial charge in [0.1, 0.15) is 5.69 Å². The second-order valence-electron chi connectivity index (χ2n) is 3.90. The van der Waals surface area contributed by atoms with Crippen molar-refractivity contribution in [2.24, 2.45) is 7.05 Å². The Labute approximate surface area is 106 Å². The van der Waals surface area contributed by atoms with E-state index in [-0.39, 0.29) is 17.3 Å². The Morgan fingerprint density at radius 2 is 2.05 bits per heavy atom. The lowest BCUT2D eigenvalue weighted by atomic mass is 10.2. The molecule has 19 heavy (non-hydrogen) atoms. The molecule has 96 valence electrons. The lowest BCUT2D eigenvalue weighted by Crippen LogP contribution is -1.90. The van der Waals surface area contributed by atoms with Crippen molar-refractivity contribution in [3.63, 3.8) is 0 Å². The molecular formula is C12H8F2N4O. The molecule has 0 spiro atoms. The molecule has 0 aliphatic rings. The predicted octanol–water partition coefficient (Wildman–Crippen LogP) is 2.42. The minimum absolute atomic E-state index is 0.0744. The first kappa shape index (κ1) is 11.5. The van der Waals surface area contributed by atoms with Gasteiger partial charge in [-0.15, -0.1) is 0 Å². The number of halogens is 2. The number of aromatic nitrogens is 4. The number of benzene rings is 1. The quantitative estimate of drug-likeness (QED) is 0.711. The molecule has 0 saturated carbocycles. The summed E-state index contributed by atoms with van der Waals surface area (Å²) in [5.41, 5.74) is 0.420. The van der Waals surface area contributed by atoms with Gasteiger partial charge in [-0.1, -0.05) is 11.2 Å². The molecule has 0 unspecified atom stereocenters. The summed E-state index contributed by atoms with van der Waals surface area (Å²) in [7, 11) is 1.75. The predicted molar refractivity (Wildman–Crippen MR) is 61.9 cm³/mol. The smallest absolute Gasteiger partial charge is 0.261 e. The van der Waals surface area contributed by atoms with Crippen molar-refractivity contribution < 1.29 is 13.3 Å². The van der Waals surface area contributed by atoms with E-state index in [1.165, 1.54) is 12.1 Å². The van der Waals surface area contributed by atoms with Gasteiger partial charge in [0.15, 0.2) is 11.6 Å². The SMILES string of the molecule is Cn1ccc(-c2noc(-c3cccc(F)c3F)n2)n1. The Morgan fingerprint density at radius 1 is 1.21 bits per heavy atom. The number of rotatable bonds is 2. The van der Waals surface area contributed by atoms with Crippen molar-refractivity contribution in [1.29, 1.82) is 0 Å². The highest BCUT2D eigenvalue weighted by atomic mass is 19.2. The molecule has 0 aliphatic heterocycles. The Kier molecular flexibility index (Phi) is 2.59. The second kappa shape index (κ2) is 4.27. The van der Waals surface area contributed by atoms with Crippen molar-refractivity contribution in [2.75, 3.05) is 0 Å². The van der Waals surface area contributed by atoms with Crippen molar-refractivity contribution >= 4 is 0 Å². The molecule has 0 saturated heterocycles. The zero-order chi connectivity index (χ0) is 13.4. The minimum atomic E-state index is -1.02. The average molecular weight is 262 g/mol. The molecule has 0 atom stereocenters. The van der Waals surface area contributed by atoms with Crippen LogP contribution in [0.2, 0.25) is 0 Å². The number of aryl methyl sites for hydroxylation is 1. The average Bonchev–Trinajstić information content (AvgIpc) is 3.01. The summed E-state index contributed by atoms with van der Waals surface area (Å²) in [6, 6.07) is 5.46. The number of hydrogen-bond acceptors (Lipinski definition) is 4. The van der Waals surface area contributed by atoms with E-state index in [1.54, 1.807) is 24.0 Å². The maximum Gasteiger partial charge on any atom is 0.261 e. The van der Waals surface area contributed by atoms with Crippen LogP contribution >= 0.6 is 0 Å². The fourth-order valence-corrected chi connectivity index (χ4v) is 1.64. The fourth-order valence-electron chi connectivity index (χ4n) is 1.64. The summed E-state index contributed by atoms with van der Waals surface area (Å²) >= 11 is 0. The lowest BCUT2D eigenvalue weighted by Gasteiger charge is -1.96. The first-order valence-corrected chi connectivity index (χ1v) is 5.43. The molecule has 3 rings (SSSR count). The second-order valence-corrected chi connectivity index (χ2v) is 3.90. The van der Waals surface area contributed by atoms with Crippen LogP contribution in [0.4, 0.5) is 8.78 Å². The van der Waals surface area contributed by atoms with Crippen molar-refractivity contribution in [3.8, 4) is 23.0 Å². The normalized spacial score (nSPS) is 10.9. The molecule has 1 aromatic carbocycles. The topological polar surface area (TPSA) is 56.7 Å². The van der Waals surface area contributed by atoms with Gasteiger partial charge in [-0.2, -0.15) is 10.1 Å². The Hall–Kier alpha value is -2.57. The van der Waals surface area contributed by atoms with Crippen molar-refractivity contribution in [3.05, 3.63) is 42.1 Å². The summed E-state index contributed by atoms with van der Waals surface area (Å²) in [6.07, 6.45) is 1.72. The third-order valence-corrected chi connectivity index (χ3v) is 2.55. The standard InChI is InChI=1S/C12H8F2N4O/c1-18-6-5-9(16-18)11-15-12(19-17-11)7-3-2-4-8(13)10(7)14/h2-6H,1H3. The highest BCUT2D eigenvalue weighted by Gasteiger charge is 2.17. The van der Waals surface area contributed by atoms with Crippen LogP contribution in [0.1, 0.15) is 0 Å². The number of hydrogen-bond donors (Lipinski definition) is 0. The van der Waals surface area contributed by atoms with Gasteiger partial charge in [-0.3, -0.25) is 4.68 Å². The first-order valence-electron chi connectivity index (χ1n) is 5.43. The van der Waals surface area contributed by atoms with Gasteiger partial charge in [0.25, 0.3) is 5.89 Å². The summed E-state index contributed by atoms with van der Waals surface area (Å²) in [4.78, 5) is 4.01. The van der Waals surface area contributed by atoms with Gasteiger partial charge in [0, 0.05) is 13.2 Å². The summed E-state index contributed by atoms with van der Waals surface area (Å²) in [5, 5.41) is 7.79. The van der Waals surface area contributed by atoms with Crippen LogP contribution in [-0.4, -0.2) is 19.9 Å². The van der Waals surface area contributed by atoms with E-state index >= 15 is 0 Å². The highest BCUT2D eigenvalue weighted by molar-refractivity contribution is 5.57.